The summed E-state index contributed by atoms with van der Waals surface area (Å²) in [5.41, 5.74) is 0.772. The normalized spacial score (nSPS) is 28.1. The lowest BCUT2D eigenvalue weighted by molar-refractivity contribution is -0.271. The van der Waals surface area contributed by atoms with Gasteiger partial charge < -0.3 is 44.4 Å². The first-order chi connectivity index (χ1) is 13.7. The van der Waals surface area contributed by atoms with Gasteiger partial charge in [0, 0.05) is 0 Å². The summed E-state index contributed by atoms with van der Waals surface area (Å²) in [5, 5.41) is 39.0. The number of aliphatic hydroxyl groups is 3. The van der Waals surface area contributed by atoms with E-state index in [9.17, 15) is 24.7 Å². The van der Waals surface area contributed by atoms with Crippen LogP contribution in [-0.4, -0.2) is 85.7 Å². The van der Waals surface area contributed by atoms with Gasteiger partial charge in [0.1, 0.15) is 24.1 Å². The number of carboxylic acid groups (broad SMARTS) is 1. The third-order valence-electron chi connectivity index (χ3n) is 3.92. The van der Waals surface area contributed by atoms with Crippen molar-refractivity contribution in [2.45, 2.75) is 37.3 Å². The molecule has 0 bridgehead atoms. The van der Waals surface area contributed by atoms with Gasteiger partial charge in [-0.2, -0.15) is 10.2 Å². The fourth-order valence-corrected chi connectivity index (χ4v) is 3.75. The Morgan fingerprint density at radius 3 is 2.33 bits per heavy atom. The molecule has 0 radical (unpaired) electrons. The van der Waals surface area contributed by atoms with Crippen LogP contribution in [0.5, 0.6) is 5.75 Å². The molecule has 1 fully saturated rings. The maximum atomic E-state index is 11.2. The van der Waals surface area contributed by atoms with E-state index in [4.69, 9.17) is 24.4 Å². The fraction of sp³-hybridized carbons (Fsp3) is 0.562. The minimum atomic E-state index is -4.67. The number of carboxylic acids is 1. The molecular formula is C16H26NO11PS. The van der Waals surface area contributed by atoms with Crippen LogP contribution in [0.4, 0.5) is 5.69 Å². The van der Waals surface area contributed by atoms with E-state index in [0.717, 1.165) is 0 Å². The quantitative estimate of drug-likeness (QED) is 0.243. The summed E-state index contributed by atoms with van der Waals surface area (Å²) in [6, 6.07) is 4.37. The standard InChI is InChI=1S/C16H26NO11PS/c1-30(2,3)17-9-6-8(7-26-29(23,24)25)4-5-10(9)27-16-13(20)11(18)12(19)14(28-16)15(21)22/h4-6,11-14,16-20H,7H2,1-3H3,(H,21,22)(H2,23,24,25). The molecule has 0 aliphatic carbocycles. The molecule has 1 aromatic rings. The lowest BCUT2D eigenvalue weighted by Gasteiger charge is -2.39. The average molecular weight is 471 g/mol. The number of hydrogen-bond acceptors (Lipinski definition) is 9. The number of phosphoric ester groups is 1. The highest BCUT2D eigenvalue weighted by molar-refractivity contribution is 8.33. The summed E-state index contributed by atoms with van der Waals surface area (Å²) in [5.74, 6) is -1.42. The van der Waals surface area contributed by atoms with Crippen molar-refractivity contribution in [3.05, 3.63) is 23.8 Å². The fourth-order valence-electron chi connectivity index (χ4n) is 2.61. The second-order valence-corrected chi connectivity index (χ2v) is 12.5. The predicted octanol–water partition coefficient (Wildman–Crippen LogP) is -0.412. The van der Waals surface area contributed by atoms with Gasteiger partial charge >= 0.3 is 13.8 Å². The van der Waals surface area contributed by atoms with Crippen LogP contribution in [0.1, 0.15) is 5.56 Å². The zero-order chi connectivity index (χ0) is 22.9. The maximum absolute atomic E-state index is 11.2. The van der Waals surface area contributed by atoms with Gasteiger partial charge in [0.2, 0.25) is 6.29 Å². The Balaban J connectivity index is 2.30. The largest absolute Gasteiger partial charge is 0.479 e. The molecule has 12 nitrogen and oxygen atoms in total. The van der Waals surface area contributed by atoms with Crippen LogP contribution in [0, 0.1) is 0 Å². The van der Waals surface area contributed by atoms with E-state index >= 15 is 0 Å². The van der Waals surface area contributed by atoms with E-state index in [2.05, 4.69) is 9.25 Å². The first-order valence-corrected chi connectivity index (χ1v) is 12.9. The summed E-state index contributed by atoms with van der Waals surface area (Å²) in [7, 11) is -6.04. The molecule has 1 saturated heterocycles. The topological polar surface area (TPSA) is 195 Å². The Labute approximate surface area is 174 Å². The van der Waals surface area contributed by atoms with Gasteiger partial charge in [-0.3, -0.25) is 4.52 Å². The highest BCUT2D eigenvalue weighted by Crippen LogP contribution is 2.42. The van der Waals surface area contributed by atoms with Gasteiger partial charge in [-0.05, 0) is 36.5 Å². The van der Waals surface area contributed by atoms with Crippen molar-refractivity contribution in [2.24, 2.45) is 0 Å². The van der Waals surface area contributed by atoms with Gasteiger partial charge in [0.05, 0.1) is 12.3 Å². The number of ether oxygens (including phenoxy) is 2. The molecule has 1 aliphatic rings. The molecule has 2 rings (SSSR count). The smallest absolute Gasteiger partial charge is 0.469 e. The number of nitrogens with one attached hydrogen (secondary N) is 1. The number of rotatable bonds is 8. The molecule has 1 aromatic carbocycles. The number of aliphatic hydroxyl groups excluding tert-OH is 3. The molecule has 0 spiro atoms. The Morgan fingerprint density at radius 2 is 1.80 bits per heavy atom. The number of phosphoric acid groups is 1. The molecular weight excluding hydrogens is 445 g/mol. The summed E-state index contributed by atoms with van der Waals surface area (Å²) >= 11 is 0. The van der Waals surface area contributed by atoms with Gasteiger partial charge in [-0.25, -0.2) is 9.36 Å². The zero-order valence-electron chi connectivity index (χ0n) is 16.4. The molecule has 0 aromatic heterocycles. The third-order valence-corrected chi connectivity index (χ3v) is 5.21. The van der Waals surface area contributed by atoms with Crippen molar-refractivity contribution in [3.63, 3.8) is 0 Å². The van der Waals surface area contributed by atoms with Gasteiger partial charge in [0.25, 0.3) is 0 Å². The minimum absolute atomic E-state index is 0.120. The van der Waals surface area contributed by atoms with E-state index in [0.29, 0.717) is 11.3 Å². The van der Waals surface area contributed by atoms with Gasteiger partial charge in [-0.15, -0.1) is 0 Å². The number of hydrogen-bond donors (Lipinski definition) is 7. The van der Waals surface area contributed by atoms with E-state index in [1.807, 2.05) is 18.8 Å². The zero-order valence-corrected chi connectivity index (χ0v) is 18.1. The third kappa shape index (κ3) is 6.80. The van der Waals surface area contributed by atoms with Gasteiger partial charge in [0.15, 0.2) is 6.10 Å². The van der Waals surface area contributed by atoms with Crippen molar-refractivity contribution >= 4 is 29.7 Å². The van der Waals surface area contributed by atoms with Crippen LogP contribution in [0.2, 0.25) is 0 Å². The summed E-state index contributed by atoms with van der Waals surface area (Å²) < 4.78 is 29.3. The van der Waals surface area contributed by atoms with E-state index in [1.54, 1.807) is 0 Å². The Kier molecular flexibility index (Phi) is 7.78. The molecule has 172 valence electrons. The van der Waals surface area contributed by atoms with E-state index < -0.39 is 54.7 Å². The summed E-state index contributed by atoms with van der Waals surface area (Å²) in [4.78, 5) is 29.0. The van der Waals surface area contributed by atoms with Crippen molar-refractivity contribution in [2.75, 3.05) is 23.5 Å². The number of anilines is 1. The molecule has 1 aliphatic heterocycles. The number of aliphatic carboxylic acids is 1. The van der Waals surface area contributed by atoms with Gasteiger partial charge in [-0.1, -0.05) is 6.07 Å². The molecule has 7 N–H and O–H groups in total. The minimum Gasteiger partial charge on any atom is -0.479 e. The summed E-state index contributed by atoms with van der Waals surface area (Å²) in [6.07, 6.45) is -3.05. The Bertz CT molecular complexity index is 811. The molecule has 5 atom stereocenters. The monoisotopic (exact) mass is 471 g/mol. The van der Waals surface area contributed by atoms with Crippen molar-refractivity contribution in [1.82, 2.24) is 0 Å². The lowest BCUT2D eigenvalue weighted by Crippen LogP contribution is -2.61. The molecule has 30 heavy (non-hydrogen) atoms. The highest BCUT2D eigenvalue weighted by atomic mass is 32.3. The van der Waals surface area contributed by atoms with E-state index in [-0.39, 0.29) is 12.4 Å². The number of carbonyl (C=O) groups is 1. The molecule has 1 heterocycles. The molecule has 0 saturated carbocycles. The first kappa shape index (κ1) is 24.9. The van der Waals surface area contributed by atoms with Crippen molar-refractivity contribution < 1.29 is 53.6 Å². The van der Waals surface area contributed by atoms with Crippen LogP contribution < -0.4 is 9.46 Å². The molecule has 14 heteroatoms. The van der Waals surface area contributed by atoms with E-state index in [1.165, 1.54) is 18.2 Å². The molecule has 5 unspecified atom stereocenters. The second kappa shape index (κ2) is 9.39. The van der Waals surface area contributed by atoms with Crippen LogP contribution in [0.15, 0.2) is 18.2 Å². The lowest BCUT2D eigenvalue weighted by atomic mass is 9.99. The Morgan fingerprint density at radius 1 is 1.17 bits per heavy atom. The summed E-state index contributed by atoms with van der Waals surface area (Å²) in [6.45, 7) is -0.382. The second-order valence-electron chi connectivity index (χ2n) is 7.39. The van der Waals surface area contributed by atoms with Crippen LogP contribution in [-0.2, 0) is 25.2 Å². The average Bonchev–Trinajstić information content (AvgIpc) is 2.59. The SMILES string of the molecule is CS(C)(C)Nc1cc(COP(=O)(O)O)ccc1OC1OC(C(=O)O)C(O)C(O)C1O. The van der Waals surface area contributed by atoms with Crippen LogP contribution in [0.25, 0.3) is 0 Å². The van der Waals surface area contributed by atoms with Crippen LogP contribution >= 0.6 is 18.0 Å². The number of benzene rings is 1. The van der Waals surface area contributed by atoms with Crippen LogP contribution in [0.3, 0.4) is 0 Å². The Hall–Kier alpha value is -1.41. The predicted molar refractivity (Wildman–Crippen MR) is 107 cm³/mol. The van der Waals surface area contributed by atoms with Crippen molar-refractivity contribution in [3.8, 4) is 5.75 Å². The van der Waals surface area contributed by atoms with Crippen molar-refractivity contribution in [1.29, 1.82) is 0 Å². The molecule has 0 amide bonds. The maximum Gasteiger partial charge on any atom is 0.469 e. The highest BCUT2D eigenvalue weighted by Gasteiger charge is 2.48. The first-order valence-electron chi connectivity index (χ1n) is 8.56.